The third-order valence-corrected chi connectivity index (χ3v) is 4.61. The molecule has 4 nitrogen and oxygen atoms in total. The Morgan fingerprint density at radius 2 is 1.15 bits per heavy atom. The topological polar surface area (TPSA) is 58.4 Å². The molecule has 0 aromatic heterocycles. The third-order valence-electron chi connectivity index (χ3n) is 4.61. The van der Waals surface area contributed by atoms with E-state index in [-0.39, 0.29) is 11.9 Å². The standard InChI is InChI=1S/C23H25N3O/c24-25-23(27)22(16-19-10-4-1-5-11-19)26(17-20-12-6-2-7-13-20)18-21-14-8-3-9-15-21/h1-15,22H,16-18,24H2,(H,25,27)/t22-/m0/s1. The zero-order valence-electron chi connectivity index (χ0n) is 15.3. The van der Waals surface area contributed by atoms with Crippen molar-refractivity contribution < 1.29 is 4.79 Å². The largest absolute Gasteiger partial charge is 0.293 e. The predicted molar refractivity (Wildman–Crippen MR) is 108 cm³/mol. The highest BCUT2D eigenvalue weighted by molar-refractivity contribution is 5.81. The van der Waals surface area contributed by atoms with Gasteiger partial charge in [0.05, 0.1) is 6.04 Å². The normalized spacial score (nSPS) is 11.9. The molecule has 1 atom stereocenters. The second kappa shape index (κ2) is 9.67. The van der Waals surface area contributed by atoms with Crippen LogP contribution in [0.5, 0.6) is 0 Å². The minimum absolute atomic E-state index is 0.175. The number of rotatable bonds is 8. The second-order valence-electron chi connectivity index (χ2n) is 6.59. The van der Waals surface area contributed by atoms with Gasteiger partial charge in [-0.15, -0.1) is 0 Å². The first kappa shape index (κ1) is 18.8. The monoisotopic (exact) mass is 359 g/mol. The van der Waals surface area contributed by atoms with Gasteiger partial charge in [-0.3, -0.25) is 15.1 Å². The Labute approximate surface area is 160 Å². The summed E-state index contributed by atoms with van der Waals surface area (Å²) >= 11 is 0. The van der Waals surface area contributed by atoms with Crippen molar-refractivity contribution in [2.75, 3.05) is 0 Å². The molecule has 27 heavy (non-hydrogen) atoms. The summed E-state index contributed by atoms with van der Waals surface area (Å²) in [7, 11) is 0. The molecule has 3 N–H and O–H groups in total. The highest BCUT2D eigenvalue weighted by atomic mass is 16.2. The fourth-order valence-corrected chi connectivity index (χ4v) is 3.23. The van der Waals surface area contributed by atoms with Crippen LogP contribution in [-0.2, 0) is 24.3 Å². The van der Waals surface area contributed by atoms with Crippen molar-refractivity contribution in [2.45, 2.75) is 25.6 Å². The van der Waals surface area contributed by atoms with Gasteiger partial charge in [-0.1, -0.05) is 91.0 Å². The SMILES string of the molecule is NNC(=O)[C@H](Cc1ccccc1)N(Cc1ccccc1)Cc1ccccc1. The molecule has 3 aromatic rings. The molecule has 0 aliphatic heterocycles. The Hall–Kier alpha value is -2.95. The maximum absolute atomic E-state index is 12.7. The lowest BCUT2D eigenvalue weighted by atomic mass is 10.0. The quantitative estimate of drug-likeness (QED) is 0.369. The smallest absolute Gasteiger partial charge is 0.251 e. The number of carbonyl (C=O) groups excluding carboxylic acids is 1. The van der Waals surface area contributed by atoms with Crippen molar-refractivity contribution in [1.29, 1.82) is 0 Å². The third kappa shape index (κ3) is 5.51. The van der Waals surface area contributed by atoms with E-state index in [9.17, 15) is 4.79 Å². The Morgan fingerprint density at radius 1 is 0.741 bits per heavy atom. The predicted octanol–water partition coefficient (Wildman–Crippen LogP) is 3.29. The van der Waals surface area contributed by atoms with E-state index in [1.165, 1.54) is 0 Å². The summed E-state index contributed by atoms with van der Waals surface area (Å²) in [6.45, 7) is 1.33. The summed E-state index contributed by atoms with van der Waals surface area (Å²) in [6.07, 6.45) is 0.601. The molecule has 138 valence electrons. The van der Waals surface area contributed by atoms with Crippen LogP contribution in [0.3, 0.4) is 0 Å². The zero-order valence-corrected chi connectivity index (χ0v) is 15.3. The van der Waals surface area contributed by atoms with Gasteiger partial charge in [-0.25, -0.2) is 5.84 Å². The van der Waals surface area contributed by atoms with Crippen LogP contribution < -0.4 is 11.3 Å². The molecule has 1 amide bonds. The van der Waals surface area contributed by atoms with Crippen molar-refractivity contribution in [3.8, 4) is 0 Å². The van der Waals surface area contributed by atoms with E-state index >= 15 is 0 Å². The first-order valence-electron chi connectivity index (χ1n) is 9.12. The van der Waals surface area contributed by atoms with Crippen LogP contribution in [0, 0.1) is 0 Å². The van der Waals surface area contributed by atoms with Crippen LogP contribution in [0.15, 0.2) is 91.0 Å². The van der Waals surface area contributed by atoms with Gasteiger partial charge in [0.15, 0.2) is 0 Å². The lowest BCUT2D eigenvalue weighted by molar-refractivity contribution is -0.127. The molecule has 0 bridgehead atoms. The molecule has 0 saturated heterocycles. The van der Waals surface area contributed by atoms with Gasteiger partial charge in [0.1, 0.15) is 0 Å². The fraction of sp³-hybridized carbons (Fsp3) is 0.174. The Kier molecular flexibility index (Phi) is 6.74. The Balaban J connectivity index is 1.89. The van der Waals surface area contributed by atoms with Crippen molar-refractivity contribution in [1.82, 2.24) is 10.3 Å². The van der Waals surface area contributed by atoms with Gasteiger partial charge in [0, 0.05) is 13.1 Å². The minimum Gasteiger partial charge on any atom is -0.293 e. The molecular formula is C23H25N3O. The number of carbonyl (C=O) groups is 1. The Morgan fingerprint density at radius 3 is 1.56 bits per heavy atom. The minimum atomic E-state index is -0.363. The van der Waals surface area contributed by atoms with E-state index < -0.39 is 0 Å². The van der Waals surface area contributed by atoms with E-state index in [1.807, 2.05) is 66.7 Å². The van der Waals surface area contributed by atoms with Crippen molar-refractivity contribution in [3.63, 3.8) is 0 Å². The van der Waals surface area contributed by atoms with E-state index in [0.29, 0.717) is 19.5 Å². The number of amides is 1. The van der Waals surface area contributed by atoms with Crippen LogP contribution in [0.4, 0.5) is 0 Å². The molecule has 0 unspecified atom stereocenters. The number of hydrogen-bond donors (Lipinski definition) is 2. The number of hydrazine groups is 1. The van der Waals surface area contributed by atoms with E-state index in [0.717, 1.165) is 16.7 Å². The lowest BCUT2D eigenvalue weighted by Gasteiger charge is -2.31. The first-order chi connectivity index (χ1) is 13.3. The molecule has 3 rings (SSSR count). The van der Waals surface area contributed by atoms with E-state index in [4.69, 9.17) is 5.84 Å². The maximum Gasteiger partial charge on any atom is 0.251 e. The molecular weight excluding hydrogens is 334 g/mol. The molecule has 0 saturated carbocycles. The number of nitrogens with zero attached hydrogens (tertiary/aromatic N) is 1. The molecule has 4 heteroatoms. The second-order valence-corrected chi connectivity index (χ2v) is 6.59. The number of nitrogens with one attached hydrogen (secondary N) is 1. The lowest BCUT2D eigenvalue weighted by Crippen LogP contribution is -2.49. The summed E-state index contributed by atoms with van der Waals surface area (Å²) in [4.78, 5) is 14.8. The molecule has 0 fully saturated rings. The summed E-state index contributed by atoms with van der Waals surface area (Å²) < 4.78 is 0. The highest BCUT2D eigenvalue weighted by Crippen LogP contribution is 2.17. The van der Waals surface area contributed by atoms with Gasteiger partial charge < -0.3 is 0 Å². The average Bonchev–Trinajstić information content (AvgIpc) is 2.73. The maximum atomic E-state index is 12.7. The van der Waals surface area contributed by atoms with Crippen molar-refractivity contribution >= 4 is 5.91 Å². The first-order valence-corrected chi connectivity index (χ1v) is 9.12. The molecule has 3 aromatic carbocycles. The van der Waals surface area contributed by atoms with Crippen LogP contribution >= 0.6 is 0 Å². The summed E-state index contributed by atoms with van der Waals surface area (Å²) in [6, 6.07) is 30.1. The summed E-state index contributed by atoms with van der Waals surface area (Å²) in [5.74, 6) is 5.35. The number of benzene rings is 3. The summed E-state index contributed by atoms with van der Waals surface area (Å²) in [5.41, 5.74) is 5.79. The van der Waals surface area contributed by atoms with Gasteiger partial charge in [0.2, 0.25) is 0 Å². The van der Waals surface area contributed by atoms with E-state index in [2.05, 4.69) is 34.6 Å². The molecule has 0 aliphatic carbocycles. The molecule has 0 aliphatic rings. The van der Waals surface area contributed by atoms with E-state index in [1.54, 1.807) is 0 Å². The number of nitrogens with two attached hydrogens (primary N) is 1. The Bertz CT molecular complexity index is 781. The zero-order chi connectivity index (χ0) is 18.9. The van der Waals surface area contributed by atoms with Gasteiger partial charge in [0.25, 0.3) is 5.91 Å². The number of hydrogen-bond acceptors (Lipinski definition) is 3. The molecule has 0 radical (unpaired) electrons. The van der Waals surface area contributed by atoms with Crippen LogP contribution in [-0.4, -0.2) is 16.8 Å². The van der Waals surface area contributed by atoms with Gasteiger partial charge in [-0.2, -0.15) is 0 Å². The van der Waals surface area contributed by atoms with Crippen LogP contribution in [0.25, 0.3) is 0 Å². The van der Waals surface area contributed by atoms with Crippen LogP contribution in [0.2, 0.25) is 0 Å². The van der Waals surface area contributed by atoms with Gasteiger partial charge >= 0.3 is 0 Å². The summed E-state index contributed by atoms with van der Waals surface area (Å²) in [5, 5.41) is 0. The van der Waals surface area contributed by atoms with Crippen molar-refractivity contribution in [3.05, 3.63) is 108 Å². The van der Waals surface area contributed by atoms with Gasteiger partial charge in [-0.05, 0) is 23.1 Å². The molecule has 0 spiro atoms. The fourth-order valence-electron chi connectivity index (χ4n) is 3.23. The highest BCUT2D eigenvalue weighted by Gasteiger charge is 2.26. The molecule has 0 heterocycles. The average molecular weight is 359 g/mol. The van der Waals surface area contributed by atoms with Crippen molar-refractivity contribution in [2.24, 2.45) is 5.84 Å². The van der Waals surface area contributed by atoms with Crippen LogP contribution in [0.1, 0.15) is 16.7 Å².